The number of benzene rings is 3. The van der Waals surface area contributed by atoms with Gasteiger partial charge in [-0.05, 0) is 42.5 Å². The van der Waals surface area contributed by atoms with E-state index in [4.69, 9.17) is 5.73 Å². The first kappa shape index (κ1) is 13.8. The SMILES string of the molecule is Nc1cccc(N(c2cccc(O)c2)c2cccc(O)c2)c1. The van der Waals surface area contributed by atoms with Crippen molar-refractivity contribution in [2.24, 2.45) is 0 Å². The molecule has 0 saturated carbocycles. The van der Waals surface area contributed by atoms with Crippen molar-refractivity contribution in [1.82, 2.24) is 0 Å². The number of rotatable bonds is 3. The third-order valence-corrected chi connectivity index (χ3v) is 3.30. The van der Waals surface area contributed by atoms with Gasteiger partial charge in [-0.15, -0.1) is 0 Å². The second-order valence-corrected chi connectivity index (χ2v) is 4.97. The molecule has 0 spiro atoms. The Kier molecular flexibility index (Phi) is 3.58. The minimum Gasteiger partial charge on any atom is -0.508 e. The Balaban J connectivity index is 2.18. The molecule has 3 aromatic rings. The second kappa shape index (κ2) is 5.69. The summed E-state index contributed by atoms with van der Waals surface area (Å²) in [5.41, 5.74) is 8.92. The van der Waals surface area contributed by atoms with Gasteiger partial charge in [-0.25, -0.2) is 0 Å². The molecule has 0 radical (unpaired) electrons. The molecule has 22 heavy (non-hydrogen) atoms. The van der Waals surface area contributed by atoms with Gasteiger partial charge < -0.3 is 20.8 Å². The van der Waals surface area contributed by atoms with Crippen molar-refractivity contribution in [3.63, 3.8) is 0 Å². The average Bonchev–Trinajstić information content (AvgIpc) is 2.48. The molecule has 0 aliphatic carbocycles. The van der Waals surface area contributed by atoms with Crippen molar-refractivity contribution >= 4 is 22.7 Å². The van der Waals surface area contributed by atoms with Crippen molar-refractivity contribution < 1.29 is 10.2 Å². The summed E-state index contributed by atoms with van der Waals surface area (Å²) >= 11 is 0. The molecule has 0 saturated heterocycles. The summed E-state index contributed by atoms with van der Waals surface area (Å²) < 4.78 is 0. The van der Waals surface area contributed by atoms with Crippen LogP contribution in [0.15, 0.2) is 72.8 Å². The van der Waals surface area contributed by atoms with E-state index >= 15 is 0 Å². The zero-order chi connectivity index (χ0) is 15.5. The number of aromatic hydroxyl groups is 2. The first-order valence-electron chi connectivity index (χ1n) is 6.87. The predicted molar refractivity (Wildman–Crippen MR) is 88.9 cm³/mol. The standard InChI is InChI=1S/C18H16N2O2/c19-13-4-1-5-14(10-13)20(15-6-2-8-17(21)11-15)16-7-3-9-18(22)12-16/h1-12,21-22H,19H2. The number of hydrogen-bond donors (Lipinski definition) is 3. The van der Waals surface area contributed by atoms with Crippen LogP contribution < -0.4 is 10.6 Å². The maximum atomic E-state index is 9.76. The van der Waals surface area contributed by atoms with Crippen LogP contribution in [0, 0.1) is 0 Å². The topological polar surface area (TPSA) is 69.7 Å². The number of phenols is 2. The van der Waals surface area contributed by atoms with Gasteiger partial charge in [0.05, 0.1) is 0 Å². The van der Waals surface area contributed by atoms with Gasteiger partial charge in [-0.1, -0.05) is 18.2 Å². The van der Waals surface area contributed by atoms with Gasteiger partial charge in [0.15, 0.2) is 0 Å². The van der Waals surface area contributed by atoms with Gasteiger partial charge in [0.25, 0.3) is 0 Å². The number of nitrogen functional groups attached to an aromatic ring is 1. The van der Waals surface area contributed by atoms with Gasteiger partial charge >= 0.3 is 0 Å². The summed E-state index contributed by atoms with van der Waals surface area (Å²) in [7, 11) is 0. The summed E-state index contributed by atoms with van der Waals surface area (Å²) in [6, 6.07) is 21.3. The van der Waals surface area contributed by atoms with Gasteiger partial charge in [0.2, 0.25) is 0 Å². The monoisotopic (exact) mass is 292 g/mol. The molecule has 4 N–H and O–H groups in total. The van der Waals surface area contributed by atoms with E-state index in [0.717, 1.165) is 17.1 Å². The van der Waals surface area contributed by atoms with Gasteiger partial charge in [0, 0.05) is 34.9 Å². The lowest BCUT2D eigenvalue weighted by Gasteiger charge is -2.25. The van der Waals surface area contributed by atoms with Crippen molar-refractivity contribution in [2.45, 2.75) is 0 Å². The molecule has 0 aromatic heterocycles. The molecule has 4 heteroatoms. The highest BCUT2D eigenvalue weighted by atomic mass is 16.3. The van der Waals surface area contributed by atoms with E-state index in [0.29, 0.717) is 5.69 Å². The second-order valence-electron chi connectivity index (χ2n) is 4.97. The molecule has 4 nitrogen and oxygen atoms in total. The lowest BCUT2D eigenvalue weighted by atomic mass is 10.1. The zero-order valence-electron chi connectivity index (χ0n) is 11.8. The van der Waals surface area contributed by atoms with E-state index < -0.39 is 0 Å². The summed E-state index contributed by atoms with van der Waals surface area (Å²) in [5.74, 6) is 0.345. The molecule has 0 bridgehead atoms. The lowest BCUT2D eigenvalue weighted by Crippen LogP contribution is -2.10. The maximum absolute atomic E-state index is 9.76. The van der Waals surface area contributed by atoms with Crippen LogP contribution in [0.4, 0.5) is 22.7 Å². The molecule has 110 valence electrons. The summed E-state index contributed by atoms with van der Waals surface area (Å²) in [6.07, 6.45) is 0. The van der Waals surface area contributed by atoms with Gasteiger partial charge in [-0.3, -0.25) is 0 Å². The molecule has 0 atom stereocenters. The molecule has 0 amide bonds. The van der Waals surface area contributed by atoms with Crippen LogP contribution >= 0.6 is 0 Å². The van der Waals surface area contributed by atoms with Gasteiger partial charge in [-0.2, -0.15) is 0 Å². The normalized spacial score (nSPS) is 10.4. The number of nitrogens with two attached hydrogens (primary N) is 1. The fourth-order valence-corrected chi connectivity index (χ4v) is 2.38. The molecular formula is C18H16N2O2. The third-order valence-electron chi connectivity index (χ3n) is 3.30. The summed E-state index contributed by atoms with van der Waals surface area (Å²) in [4.78, 5) is 1.91. The van der Waals surface area contributed by atoms with E-state index in [-0.39, 0.29) is 11.5 Å². The zero-order valence-corrected chi connectivity index (χ0v) is 11.8. The molecule has 3 aromatic carbocycles. The first-order valence-corrected chi connectivity index (χ1v) is 6.87. The minimum atomic E-state index is 0.173. The van der Waals surface area contributed by atoms with E-state index in [1.165, 1.54) is 0 Å². The van der Waals surface area contributed by atoms with Crippen molar-refractivity contribution in [3.05, 3.63) is 72.8 Å². The highest BCUT2D eigenvalue weighted by Crippen LogP contribution is 2.37. The Bertz CT molecular complexity index is 694. The largest absolute Gasteiger partial charge is 0.508 e. The third kappa shape index (κ3) is 2.81. The smallest absolute Gasteiger partial charge is 0.117 e. The van der Waals surface area contributed by atoms with Crippen LogP contribution in [0.25, 0.3) is 0 Å². The Morgan fingerprint density at radius 2 is 1.09 bits per heavy atom. The molecule has 0 aliphatic heterocycles. The Morgan fingerprint density at radius 1 is 0.636 bits per heavy atom. The Morgan fingerprint density at radius 3 is 1.55 bits per heavy atom. The first-order chi connectivity index (χ1) is 10.6. The van der Waals surface area contributed by atoms with Crippen LogP contribution in [-0.2, 0) is 0 Å². The minimum absolute atomic E-state index is 0.173. The van der Waals surface area contributed by atoms with E-state index in [1.54, 1.807) is 36.4 Å². The number of anilines is 4. The van der Waals surface area contributed by atoms with Gasteiger partial charge in [0.1, 0.15) is 11.5 Å². The molecule has 0 unspecified atom stereocenters. The van der Waals surface area contributed by atoms with Crippen LogP contribution in [0.3, 0.4) is 0 Å². The summed E-state index contributed by atoms with van der Waals surface area (Å²) in [5, 5.41) is 19.5. The van der Waals surface area contributed by atoms with Crippen LogP contribution in [0.5, 0.6) is 11.5 Å². The average molecular weight is 292 g/mol. The van der Waals surface area contributed by atoms with Crippen LogP contribution in [0.2, 0.25) is 0 Å². The predicted octanol–water partition coefficient (Wildman–Crippen LogP) is 4.15. The number of nitrogens with zero attached hydrogens (tertiary/aromatic N) is 1. The van der Waals surface area contributed by atoms with Crippen LogP contribution in [-0.4, -0.2) is 10.2 Å². The van der Waals surface area contributed by atoms with Crippen molar-refractivity contribution in [1.29, 1.82) is 0 Å². The lowest BCUT2D eigenvalue weighted by molar-refractivity contribution is 0.475. The fourth-order valence-electron chi connectivity index (χ4n) is 2.38. The highest BCUT2D eigenvalue weighted by molar-refractivity contribution is 5.78. The highest BCUT2D eigenvalue weighted by Gasteiger charge is 2.13. The molecule has 0 fully saturated rings. The van der Waals surface area contributed by atoms with Crippen LogP contribution in [0.1, 0.15) is 0 Å². The number of phenolic OH excluding ortho intramolecular Hbond substituents is 2. The van der Waals surface area contributed by atoms with Crippen molar-refractivity contribution in [3.8, 4) is 11.5 Å². The van der Waals surface area contributed by atoms with E-state index in [9.17, 15) is 10.2 Å². The Labute approximate surface area is 128 Å². The quantitative estimate of drug-likeness (QED) is 0.634. The number of hydrogen-bond acceptors (Lipinski definition) is 4. The van der Waals surface area contributed by atoms with E-state index in [1.807, 2.05) is 41.3 Å². The van der Waals surface area contributed by atoms with E-state index in [2.05, 4.69) is 0 Å². The maximum Gasteiger partial charge on any atom is 0.117 e. The molecule has 0 aliphatic rings. The molecule has 0 heterocycles. The molecular weight excluding hydrogens is 276 g/mol. The van der Waals surface area contributed by atoms with Crippen molar-refractivity contribution in [2.75, 3.05) is 10.6 Å². The summed E-state index contributed by atoms with van der Waals surface area (Å²) in [6.45, 7) is 0. The fraction of sp³-hybridized carbons (Fsp3) is 0. The molecule has 3 rings (SSSR count). The Hall–Kier alpha value is -3.14.